The molecule has 0 amide bonds. The van der Waals surface area contributed by atoms with Crippen LogP contribution in [0.4, 0.5) is 5.95 Å². The number of rotatable bonds is 2. The molecule has 19 heavy (non-hydrogen) atoms. The van der Waals surface area contributed by atoms with Crippen molar-refractivity contribution >= 4 is 28.6 Å². The first-order valence-electron chi connectivity index (χ1n) is 5.49. The van der Waals surface area contributed by atoms with Crippen LogP contribution in [-0.2, 0) is 0 Å². The first kappa shape index (κ1) is 11.7. The summed E-state index contributed by atoms with van der Waals surface area (Å²) < 4.78 is 5.08. The van der Waals surface area contributed by atoms with Gasteiger partial charge in [0, 0.05) is 29.4 Å². The van der Waals surface area contributed by atoms with Crippen molar-refractivity contribution in [1.29, 1.82) is 0 Å². The zero-order valence-electron chi connectivity index (χ0n) is 10.0. The van der Waals surface area contributed by atoms with E-state index in [4.69, 9.17) is 22.1 Å². The molecule has 3 heterocycles. The van der Waals surface area contributed by atoms with Crippen molar-refractivity contribution in [2.45, 2.75) is 0 Å². The van der Waals surface area contributed by atoms with Gasteiger partial charge in [0.2, 0.25) is 11.8 Å². The third kappa shape index (κ3) is 1.96. The van der Waals surface area contributed by atoms with Crippen LogP contribution in [-0.4, -0.2) is 27.0 Å². The quantitative estimate of drug-likeness (QED) is 0.749. The van der Waals surface area contributed by atoms with E-state index in [0.717, 1.165) is 10.9 Å². The van der Waals surface area contributed by atoms with Gasteiger partial charge in [0.05, 0.1) is 17.8 Å². The zero-order valence-corrected chi connectivity index (χ0v) is 10.8. The number of aromatic amines is 1. The number of halogens is 1. The minimum atomic E-state index is 0.212. The number of aromatic nitrogens is 4. The number of fused-ring (bicyclic) bond motifs is 1. The van der Waals surface area contributed by atoms with Crippen LogP contribution >= 0.6 is 11.6 Å². The molecular weight excluding hydrogens is 266 g/mol. The van der Waals surface area contributed by atoms with E-state index in [1.807, 2.05) is 0 Å². The molecule has 7 heteroatoms. The molecule has 0 aliphatic heterocycles. The SMILES string of the molecule is COc1cc(Cl)c2c(-c3ccnc(N)n3)c[nH]c2n1. The number of anilines is 1. The van der Waals surface area contributed by atoms with E-state index < -0.39 is 0 Å². The van der Waals surface area contributed by atoms with Gasteiger partial charge in [-0.15, -0.1) is 0 Å². The second-order valence-corrected chi connectivity index (χ2v) is 4.28. The molecule has 0 atom stereocenters. The van der Waals surface area contributed by atoms with Gasteiger partial charge in [-0.3, -0.25) is 0 Å². The van der Waals surface area contributed by atoms with Gasteiger partial charge in [-0.25, -0.2) is 9.97 Å². The van der Waals surface area contributed by atoms with Gasteiger partial charge >= 0.3 is 0 Å². The Labute approximate surface area is 113 Å². The van der Waals surface area contributed by atoms with Crippen molar-refractivity contribution in [3.63, 3.8) is 0 Å². The topological polar surface area (TPSA) is 89.7 Å². The third-order valence-corrected chi connectivity index (χ3v) is 3.03. The second kappa shape index (κ2) is 4.40. The standard InChI is InChI=1S/C12H10ClN5O/c1-19-9-4-7(13)10-6(5-16-11(10)18-9)8-2-3-15-12(14)17-8/h2-5H,1H3,(H,16,18)(H2,14,15,17). The Balaban J connectivity index is 2.26. The van der Waals surface area contributed by atoms with Crippen LogP contribution in [0.5, 0.6) is 5.88 Å². The molecule has 96 valence electrons. The number of nitrogens with zero attached hydrogens (tertiary/aromatic N) is 3. The van der Waals surface area contributed by atoms with Crippen LogP contribution in [0.2, 0.25) is 5.02 Å². The predicted octanol–water partition coefficient (Wildman–Crippen LogP) is 2.26. The van der Waals surface area contributed by atoms with Crippen molar-refractivity contribution in [2.24, 2.45) is 0 Å². The lowest BCUT2D eigenvalue weighted by Crippen LogP contribution is -1.95. The van der Waals surface area contributed by atoms with E-state index in [0.29, 0.717) is 22.2 Å². The minimum Gasteiger partial charge on any atom is -0.481 e. The number of hydrogen-bond donors (Lipinski definition) is 2. The number of ether oxygens (including phenoxy) is 1. The highest BCUT2D eigenvalue weighted by Gasteiger charge is 2.13. The highest BCUT2D eigenvalue weighted by molar-refractivity contribution is 6.36. The number of nitrogen functional groups attached to an aromatic ring is 1. The maximum absolute atomic E-state index is 6.26. The third-order valence-electron chi connectivity index (χ3n) is 2.73. The van der Waals surface area contributed by atoms with Crippen LogP contribution in [0, 0.1) is 0 Å². The summed E-state index contributed by atoms with van der Waals surface area (Å²) in [6.07, 6.45) is 3.38. The molecule has 0 saturated heterocycles. The number of pyridine rings is 1. The molecule has 0 spiro atoms. The fourth-order valence-electron chi connectivity index (χ4n) is 1.90. The van der Waals surface area contributed by atoms with Crippen LogP contribution in [0.15, 0.2) is 24.5 Å². The number of nitrogens with one attached hydrogen (secondary N) is 1. The molecule has 3 rings (SSSR count). The van der Waals surface area contributed by atoms with Crippen molar-refractivity contribution in [3.05, 3.63) is 29.5 Å². The first-order chi connectivity index (χ1) is 9.19. The highest BCUT2D eigenvalue weighted by atomic mass is 35.5. The fraction of sp³-hybridized carbons (Fsp3) is 0.0833. The van der Waals surface area contributed by atoms with Gasteiger partial charge in [0.15, 0.2) is 0 Å². The molecule has 3 N–H and O–H groups in total. The van der Waals surface area contributed by atoms with Crippen LogP contribution in [0.1, 0.15) is 0 Å². The van der Waals surface area contributed by atoms with Gasteiger partial charge in [-0.05, 0) is 6.07 Å². The van der Waals surface area contributed by atoms with Crippen molar-refractivity contribution in [2.75, 3.05) is 12.8 Å². The summed E-state index contributed by atoms with van der Waals surface area (Å²) in [7, 11) is 1.54. The maximum Gasteiger partial charge on any atom is 0.220 e. The average molecular weight is 276 g/mol. The molecule has 0 saturated carbocycles. The highest BCUT2D eigenvalue weighted by Crippen LogP contribution is 2.33. The first-order valence-corrected chi connectivity index (χ1v) is 5.87. The number of H-pyrrole nitrogens is 1. The summed E-state index contributed by atoms with van der Waals surface area (Å²) in [5.41, 5.74) is 7.74. The van der Waals surface area contributed by atoms with Crippen molar-refractivity contribution in [1.82, 2.24) is 19.9 Å². The molecule has 0 aliphatic carbocycles. The van der Waals surface area contributed by atoms with E-state index in [1.54, 1.807) is 31.6 Å². The van der Waals surface area contributed by atoms with E-state index in [1.165, 1.54) is 0 Å². The van der Waals surface area contributed by atoms with E-state index in [-0.39, 0.29) is 5.95 Å². The Bertz CT molecular complexity index is 755. The molecule has 0 fully saturated rings. The molecular formula is C12H10ClN5O. The van der Waals surface area contributed by atoms with Gasteiger partial charge in [0.1, 0.15) is 5.65 Å². The van der Waals surface area contributed by atoms with Gasteiger partial charge in [-0.2, -0.15) is 4.98 Å². The number of methoxy groups -OCH3 is 1. The molecule has 6 nitrogen and oxygen atoms in total. The summed E-state index contributed by atoms with van der Waals surface area (Å²) in [6, 6.07) is 3.42. The maximum atomic E-state index is 6.26. The van der Waals surface area contributed by atoms with E-state index in [9.17, 15) is 0 Å². The molecule has 0 aromatic carbocycles. The largest absolute Gasteiger partial charge is 0.481 e. The molecule has 0 bridgehead atoms. The molecule has 0 radical (unpaired) electrons. The lowest BCUT2D eigenvalue weighted by atomic mass is 10.1. The summed E-state index contributed by atoms with van der Waals surface area (Å²) in [4.78, 5) is 15.4. The number of hydrogen-bond acceptors (Lipinski definition) is 5. The van der Waals surface area contributed by atoms with Gasteiger partial charge in [-0.1, -0.05) is 11.6 Å². The number of nitrogens with two attached hydrogens (primary N) is 1. The van der Waals surface area contributed by atoms with Gasteiger partial charge < -0.3 is 15.5 Å². The van der Waals surface area contributed by atoms with E-state index in [2.05, 4.69) is 19.9 Å². The van der Waals surface area contributed by atoms with Crippen LogP contribution in [0.25, 0.3) is 22.3 Å². The van der Waals surface area contributed by atoms with Crippen LogP contribution < -0.4 is 10.5 Å². The fourth-order valence-corrected chi connectivity index (χ4v) is 2.18. The second-order valence-electron chi connectivity index (χ2n) is 3.87. The van der Waals surface area contributed by atoms with Gasteiger partial charge in [0.25, 0.3) is 0 Å². The Morgan fingerprint density at radius 2 is 2.21 bits per heavy atom. The lowest BCUT2D eigenvalue weighted by Gasteiger charge is -2.03. The average Bonchev–Trinajstić information content (AvgIpc) is 2.83. The summed E-state index contributed by atoms with van der Waals surface area (Å²) >= 11 is 6.26. The molecule has 0 unspecified atom stereocenters. The summed E-state index contributed by atoms with van der Waals surface area (Å²) in [5.74, 6) is 0.664. The van der Waals surface area contributed by atoms with Crippen molar-refractivity contribution < 1.29 is 4.74 Å². The molecule has 0 aliphatic rings. The van der Waals surface area contributed by atoms with Crippen molar-refractivity contribution in [3.8, 4) is 17.1 Å². The predicted molar refractivity (Wildman–Crippen MR) is 73.1 cm³/mol. The Morgan fingerprint density at radius 1 is 1.37 bits per heavy atom. The summed E-state index contributed by atoms with van der Waals surface area (Å²) in [6.45, 7) is 0. The van der Waals surface area contributed by atoms with E-state index >= 15 is 0 Å². The Kier molecular flexibility index (Phi) is 2.72. The monoisotopic (exact) mass is 275 g/mol. The molecule has 3 aromatic heterocycles. The summed E-state index contributed by atoms with van der Waals surface area (Å²) in [5, 5.41) is 1.32. The smallest absolute Gasteiger partial charge is 0.220 e. The lowest BCUT2D eigenvalue weighted by molar-refractivity contribution is 0.399. The normalized spacial score (nSPS) is 10.8. The van der Waals surface area contributed by atoms with Crippen LogP contribution in [0.3, 0.4) is 0 Å². The zero-order chi connectivity index (χ0) is 13.4. The Morgan fingerprint density at radius 3 is 2.95 bits per heavy atom. The Hall–Kier alpha value is -2.34. The minimum absolute atomic E-state index is 0.212. The molecule has 3 aromatic rings.